The summed E-state index contributed by atoms with van der Waals surface area (Å²) in [6.45, 7) is 2.79. The number of imidazole rings is 1. The molecule has 0 aliphatic rings. The molecule has 0 aliphatic carbocycles. The largest absolute Gasteiger partial charge is 0.317 e. The molecule has 6 nitrogen and oxygen atoms in total. The van der Waals surface area contributed by atoms with Gasteiger partial charge in [-0.2, -0.15) is 5.10 Å². The van der Waals surface area contributed by atoms with Crippen LogP contribution in [0.5, 0.6) is 0 Å². The lowest BCUT2D eigenvalue weighted by molar-refractivity contribution is -0.121. The number of amides is 1. The summed E-state index contributed by atoms with van der Waals surface area (Å²) in [7, 11) is 1.86. The van der Waals surface area contributed by atoms with E-state index in [0.717, 1.165) is 22.4 Å². The average Bonchev–Trinajstić information content (AvgIpc) is 2.95. The molecule has 1 amide bonds. The van der Waals surface area contributed by atoms with E-state index in [1.54, 1.807) is 6.21 Å². The lowest BCUT2D eigenvalue weighted by Crippen LogP contribution is -2.25. The molecular weight excluding hydrogens is 314 g/mol. The number of carbonyl (C=O) groups excluding carboxylic acids is 1. The zero-order valence-corrected chi connectivity index (χ0v) is 14.4. The molecular formula is C19H21N5O. The number of carbonyl (C=O) groups is 1. The molecule has 6 heteroatoms. The molecule has 0 bridgehead atoms. The van der Waals surface area contributed by atoms with Crippen LogP contribution in [0.25, 0.3) is 11.0 Å². The van der Waals surface area contributed by atoms with E-state index in [1.165, 1.54) is 5.56 Å². The predicted molar refractivity (Wildman–Crippen MR) is 99.4 cm³/mol. The van der Waals surface area contributed by atoms with Gasteiger partial charge in [0.15, 0.2) is 0 Å². The lowest BCUT2D eigenvalue weighted by Gasteiger charge is -2.07. The monoisotopic (exact) mass is 335 g/mol. The first kappa shape index (κ1) is 16.9. The molecule has 0 atom stereocenters. The topological polar surface area (TPSA) is 71.3 Å². The van der Waals surface area contributed by atoms with Gasteiger partial charge in [0.2, 0.25) is 0 Å². The third-order valence-electron chi connectivity index (χ3n) is 3.85. The molecule has 0 unspecified atom stereocenters. The SMILES string of the molecule is CNCc1nc2ccccc2n1CC(=O)N/N=C/c1ccc(C)cc1. The first-order chi connectivity index (χ1) is 12.2. The molecule has 1 heterocycles. The number of nitrogens with zero attached hydrogens (tertiary/aromatic N) is 3. The second-order valence-electron chi connectivity index (χ2n) is 5.84. The van der Waals surface area contributed by atoms with Crippen molar-refractivity contribution in [3.63, 3.8) is 0 Å². The molecule has 0 fully saturated rings. The highest BCUT2D eigenvalue weighted by molar-refractivity contribution is 5.83. The normalized spacial score (nSPS) is 11.3. The van der Waals surface area contributed by atoms with E-state index < -0.39 is 0 Å². The average molecular weight is 335 g/mol. The van der Waals surface area contributed by atoms with Crippen molar-refractivity contribution in [2.75, 3.05) is 7.05 Å². The Morgan fingerprint density at radius 1 is 1.20 bits per heavy atom. The van der Waals surface area contributed by atoms with E-state index >= 15 is 0 Å². The first-order valence-corrected chi connectivity index (χ1v) is 8.14. The van der Waals surface area contributed by atoms with Crippen molar-refractivity contribution < 1.29 is 4.79 Å². The quantitative estimate of drug-likeness (QED) is 0.536. The molecule has 25 heavy (non-hydrogen) atoms. The second kappa shape index (κ2) is 7.72. The molecule has 0 saturated carbocycles. The molecule has 128 valence electrons. The van der Waals surface area contributed by atoms with Crippen molar-refractivity contribution in [2.45, 2.75) is 20.0 Å². The van der Waals surface area contributed by atoms with Crippen molar-refractivity contribution in [3.8, 4) is 0 Å². The van der Waals surface area contributed by atoms with Crippen LogP contribution >= 0.6 is 0 Å². The van der Waals surface area contributed by atoms with Crippen molar-refractivity contribution in [2.24, 2.45) is 5.10 Å². The van der Waals surface area contributed by atoms with Gasteiger partial charge in [0.25, 0.3) is 5.91 Å². The molecule has 0 radical (unpaired) electrons. The fourth-order valence-electron chi connectivity index (χ4n) is 2.61. The van der Waals surface area contributed by atoms with Crippen molar-refractivity contribution >= 4 is 23.2 Å². The van der Waals surface area contributed by atoms with E-state index in [1.807, 2.05) is 67.1 Å². The minimum absolute atomic E-state index is 0.169. The lowest BCUT2D eigenvalue weighted by atomic mass is 10.2. The number of hydrogen-bond acceptors (Lipinski definition) is 4. The zero-order chi connectivity index (χ0) is 17.6. The minimum Gasteiger partial charge on any atom is -0.317 e. The van der Waals surface area contributed by atoms with Gasteiger partial charge in [0.1, 0.15) is 12.4 Å². The van der Waals surface area contributed by atoms with Gasteiger partial charge < -0.3 is 9.88 Å². The highest BCUT2D eigenvalue weighted by Crippen LogP contribution is 2.15. The summed E-state index contributed by atoms with van der Waals surface area (Å²) in [4.78, 5) is 16.8. The summed E-state index contributed by atoms with van der Waals surface area (Å²) in [5.41, 5.74) is 6.52. The van der Waals surface area contributed by atoms with Gasteiger partial charge in [-0.3, -0.25) is 4.79 Å². The van der Waals surface area contributed by atoms with Crippen molar-refractivity contribution in [1.29, 1.82) is 0 Å². The predicted octanol–water partition coefficient (Wildman–Crippen LogP) is 2.21. The number of hydrazone groups is 1. The standard InChI is InChI=1S/C19H21N5O/c1-14-7-9-15(10-8-14)11-21-23-19(25)13-24-17-6-4-3-5-16(17)22-18(24)12-20-2/h3-11,20H,12-13H2,1-2H3,(H,23,25)/b21-11+. The van der Waals surface area contributed by atoms with E-state index in [9.17, 15) is 4.79 Å². The smallest absolute Gasteiger partial charge is 0.260 e. The molecule has 0 saturated heterocycles. The van der Waals surface area contributed by atoms with Gasteiger partial charge in [0.05, 0.1) is 23.8 Å². The summed E-state index contributed by atoms with van der Waals surface area (Å²) < 4.78 is 1.91. The first-order valence-electron chi connectivity index (χ1n) is 8.14. The maximum absolute atomic E-state index is 12.3. The van der Waals surface area contributed by atoms with Crippen LogP contribution in [-0.2, 0) is 17.9 Å². The Balaban J connectivity index is 1.71. The number of aryl methyl sites for hydroxylation is 1. The Kier molecular flexibility index (Phi) is 5.20. The van der Waals surface area contributed by atoms with Crippen LogP contribution in [0.3, 0.4) is 0 Å². The number of rotatable bonds is 6. The Morgan fingerprint density at radius 3 is 2.72 bits per heavy atom. The summed E-state index contributed by atoms with van der Waals surface area (Å²) in [5.74, 6) is 0.630. The Morgan fingerprint density at radius 2 is 1.96 bits per heavy atom. The van der Waals surface area contributed by atoms with Crippen LogP contribution in [-0.4, -0.2) is 28.7 Å². The molecule has 0 spiro atoms. The van der Waals surface area contributed by atoms with Gasteiger partial charge >= 0.3 is 0 Å². The van der Waals surface area contributed by atoms with E-state index in [4.69, 9.17) is 0 Å². The Bertz CT molecular complexity index is 896. The Labute approximate surface area is 146 Å². The minimum atomic E-state index is -0.191. The van der Waals surface area contributed by atoms with E-state index in [0.29, 0.717) is 6.54 Å². The number of nitrogens with one attached hydrogen (secondary N) is 2. The maximum atomic E-state index is 12.3. The molecule has 2 N–H and O–H groups in total. The third-order valence-corrected chi connectivity index (χ3v) is 3.85. The molecule has 3 aromatic rings. The molecule has 1 aromatic heterocycles. The molecule has 3 rings (SSSR count). The third kappa shape index (κ3) is 4.10. The van der Waals surface area contributed by atoms with Gasteiger partial charge in [-0.25, -0.2) is 10.4 Å². The summed E-state index contributed by atoms with van der Waals surface area (Å²) >= 11 is 0. The maximum Gasteiger partial charge on any atom is 0.260 e. The van der Waals surface area contributed by atoms with Gasteiger partial charge in [-0.15, -0.1) is 0 Å². The van der Waals surface area contributed by atoms with Crippen LogP contribution in [0.4, 0.5) is 0 Å². The van der Waals surface area contributed by atoms with Crippen molar-refractivity contribution in [1.82, 2.24) is 20.3 Å². The summed E-state index contributed by atoms with van der Waals surface area (Å²) in [5, 5.41) is 7.12. The van der Waals surface area contributed by atoms with E-state index in [2.05, 4.69) is 20.8 Å². The highest BCUT2D eigenvalue weighted by Gasteiger charge is 2.12. The second-order valence-corrected chi connectivity index (χ2v) is 5.84. The number of fused-ring (bicyclic) bond motifs is 1. The van der Waals surface area contributed by atoms with Crippen LogP contribution in [0.15, 0.2) is 53.6 Å². The van der Waals surface area contributed by atoms with E-state index in [-0.39, 0.29) is 12.5 Å². The Hall–Kier alpha value is -2.99. The fraction of sp³-hybridized carbons (Fsp3) is 0.211. The van der Waals surface area contributed by atoms with Crippen LogP contribution < -0.4 is 10.7 Å². The number of hydrogen-bond donors (Lipinski definition) is 2. The number of aromatic nitrogens is 2. The van der Waals surface area contributed by atoms with Crippen LogP contribution in [0.1, 0.15) is 17.0 Å². The fourth-order valence-corrected chi connectivity index (χ4v) is 2.61. The molecule has 2 aromatic carbocycles. The van der Waals surface area contributed by atoms with Crippen LogP contribution in [0.2, 0.25) is 0 Å². The zero-order valence-electron chi connectivity index (χ0n) is 14.4. The molecule has 0 aliphatic heterocycles. The van der Waals surface area contributed by atoms with Gasteiger partial charge in [-0.05, 0) is 31.7 Å². The summed E-state index contributed by atoms with van der Waals surface area (Å²) in [6, 6.07) is 15.7. The van der Waals surface area contributed by atoms with Gasteiger partial charge in [0, 0.05) is 0 Å². The summed E-state index contributed by atoms with van der Waals surface area (Å²) in [6.07, 6.45) is 1.64. The van der Waals surface area contributed by atoms with Gasteiger partial charge in [-0.1, -0.05) is 42.0 Å². The number of para-hydroxylation sites is 2. The number of benzene rings is 2. The van der Waals surface area contributed by atoms with Crippen molar-refractivity contribution in [3.05, 3.63) is 65.5 Å². The van der Waals surface area contributed by atoms with Crippen LogP contribution in [0, 0.1) is 6.92 Å². The highest BCUT2D eigenvalue weighted by atomic mass is 16.2.